The van der Waals surface area contributed by atoms with E-state index >= 15 is 0 Å². The minimum Gasteiger partial charge on any atom is -0.477 e. The highest BCUT2D eigenvalue weighted by Crippen LogP contribution is 2.24. The van der Waals surface area contributed by atoms with Crippen molar-refractivity contribution in [3.8, 4) is 10.6 Å². The third kappa shape index (κ3) is 7.66. The Kier molecular flexibility index (Phi) is 8.21. The van der Waals surface area contributed by atoms with Crippen LogP contribution in [0.2, 0.25) is 0 Å². The summed E-state index contributed by atoms with van der Waals surface area (Å²) in [6.45, 7) is 7.60. The molecule has 2 aromatic rings. The zero-order valence-corrected chi connectivity index (χ0v) is 18.9. The fourth-order valence-corrected chi connectivity index (χ4v) is 3.02. The number of carboxylic acid groups (broad SMARTS) is 1. The molecule has 0 aliphatic rings. The number of aliphatic hydroxyl groups excluding tert-OH is 1. The number of rotatable bonds is 8. The quantitative estimate of drug-likeness (QED) is 0.351. The second-order valence-electron chi connectivity index (χ2n) is 7.58. The second kappa shape index (κ2) is 10.7. The Hall–Kier alpha value is -3.84. The molecule has 0 aliphatic heterocycles. The number of carboxylic acids is 1. The van der Waals surface area contributed by atoms with Crippen LogP contribution in [0, 0.1) is 0 Å². The van der Waals surface area contributed by atoms with Crippen molar-refractivity contribution in [2.24, 2.45) is 0 Å². The third-order valence-electron chi connectivity index (χ3n) is 3.71. The molecule has 0 saturated heterocycles. The highest BCUT2D eigenvalue weighted by molar-refractivity contribution is 7.13. The van der Waals surface area contributed by atoms with Crippen LogP contribution in [0.4, 0.5) is 10.6 Å². The van der Waals surface area contributed by atoms with Crippen LogP contribution in [-0.2, 0) is 14.3 Å². The van der Waals surface area contributed by atoms with Crippen LogP contribution in [-0.4, -0.2) is 62.3 Å². The monoisotopic (exact) mass is 477 g/mol. The number of aliphatic carboxylic acids is 1. The van der Waals surface area contributed by atoms with Crippen molar-refractivity contribution in [3.63, 3.8) is 0 Å². The summed E-state index contributed by atoms with van der Waals surface area (Å²) in [5.41, 5.74) is -0.694. The van der Waals surface area contributed by atoms with Gasteiger partial charge < -0.3 is 25.6 Å². The van der Waals surface area contributed by atoms with Gasteiger partial charge in [0.2, 0.25) is 5.91 Å². The Morgan fingerprint density at radius 3 is 2.48 bits per heavy atom. The molecule has 0 radical (unpaired) electrons. The number of carbonyl (C=O) groups is 4. The number of hydrogen-bond acceptors (Lipinski definition) is 9. The standard InChI is InChI=1S/C20H23N5O7S/c1-10(18(29)30)22-15(27)12(8-26)23-16(28)13-9-33-17(24-13)11-5-6-14(21-7-11)25-19(31)32-20(2,3)4/h5-7,9,12,26H,1,8H2,2-4H3,(H,22,27)(H,23,28)(H,29,30)(H,21,25,31)/t12-/m0/s1. The molecule has 2 heterocycles. The van der Waals surface area contributed by atoms with Crippen molar-refractivity contribution < 1.29 is 34.1 Å². The minimum atomic E-state index is -1.45. The van der Waals surface area contributed by atoms with Crippen LogP contribution in [0.3, 0.4) is 0 Å². The van der Waals surface area contributed by atoms with E-state index in [0.717, 1.165) is 11.3 Å². The fraction of sp³-hybridized carbons (Fsp3) is 0.300. The molecule has 0 aromatic carbocycles. The minimum absolute atomic E-state index is 0.0192. The third-order valence-corrected chi connectivity index (χ3v) is 4.60. The lowest BCUT2D eigenvalue weighted by Crippen LogP contribution is -2.49. The molecule has 0 aliphatic carbocycles. The molecule has 0 saturated carbocycles. The molecule has 0 fully saturated rings. The number of anilines is 1. The predicted octanol–water partition coefficient (Wildman–Crippen LogP) is 1.36. The number of carbonyl (C=O) groups excluding carboxylic acids is 3. The zero-order chi connectivity index (χ0) is 24.8. The van der Waals surface area contributed by atoms with E-state index in [0.29, 0.717) is 10.6 Å². The van der Waals surface area contributed by atoms with Gasteiger partial charge in [-0.25, -0.2) is 19.6 Å². The summed E-state index contributed by atoms with van der Waals surface area (Å²) in [5.74, 6) is -2.87. The topological polar surface area (TPSA) is 180 Å². The van der Waals surface area contributed by atoms with Crippen LogP contribution in [0.5, 0.6) is 0 Å². The van der Waals surface area contributed by atoms with Gasteiger partial charge in [-0.05, 0) is 32.9 Å². The van der Waals surface area contributed by atoms with Gasteiger partial charge in [0.05, 0.1) is 6.61 Å². The van der Waals surface area contributed by atoms with Gasteiger partial charge in [-0.1, -0.05) is 6.58 Å². The molecule has 13 heteroatoms. The largest absolute Gasteiger partial charge is 0.477 e. The van der Waals surface area contributed by atoms with Crippen molar-refractivity contribution in [2.45, 2.75) is 32.4 Å². The second-order valence-corrected chi connectivity index (χ2v) is 8.44. The summed E-state index contributed by atoms with van der Waals surface area (Å²) in [7, 11) is 0. The number of amides is 3. The van der Waals surface area contributed by atoms with Gasteiger partial charge in [0.1, 0.15) is 33.9 Å². The Morgan fingerprint density at radius 1 is 1.24 bits per heavy atom. The van der Waals surface area contributed by atoms with Gasteiger partial charge in [0.25, 0.3) is 5.91 Å². The molecular weight excluding hydrogens is 454 g/mol. The number of nitrogens with one attached hydrogen (secondary N) is 3. The van der Waals surface area contributed by atoms with Crippen LogP contribution in [0.15, 0.2) is 36.0 Å². The van der Waals surface area contributed by atoms with E-state index in [4.69, 9.17) is 9.84 Å². The van der Waals surface area contributed by atoms with E-state index in [2.05, 4.69) is 27.2 Å². The SMILES string of the molecule is C=C(NC(=O)[C@H](CO)NC(=O)c1csc(-c2ccc(NC(=O)OC(C)(C)C)nc2)n1)C(=O)O. The number of ether oxygens (including phenoxy) is 1. The molecule has 176 valence electrons. The van der Waals surface area contributed by atoms with Gasteiger partial charge >= 0.3 is 12.1 Å². The normalized spacial score (nSPS) is 11.8. The van der Waals surface area contributed by atoms with Gasteiger partial charge in [-0.15, -0.1) is 11.3 Å². The van der Waals surface area contributed by atoms with E-state index in [1.165, 1.54) is 11.6 Å². The lowest BCUT2D eigenvalue weighted by atomic mass is 10.2. The maximum atomic E-state index is 12.4. The van der Waals surface area contributed by atoms with Gasteiger partial charge in [-0.3, -0.25) is 14.9 Å². The molecule has 3 amide bonds. The van der Waals surface area contributed by atoms with Crippen LogP contribution < -0.4 is 16.0 Å². The van der Waals surface area contributed by atoms with Crippen LogP contribution in [0.1, 0.15) is 31.3 Å². The Balaban J connectivity index is 2.02. The van der Waals surface area contributed by atoms with E-state index in [9.17, 15) is 24.3 Å². The summed E-state index contributed by atoms with van der Waals surface area (Å²) in [4.78, 5) is 55.3. The van der Waals surface area contributed by atoms with E-state index in [1.807, 2.05) is 5.32 Å². The molecular formula is C20H23N5O7S. The first-order chi connectivity index (χ1) is 15.4. The van der Waals surface area contributed by atoms with Gasteiger partial charge in [-0.2, -0.15) is 0 Å². The molecule has 2 aromatic heterocycles. The number of hydrogen-bond donors (Lipinski definition) is 5. The summed E-state index contributed by atoms with van der Waals surface area (Å²) in [5, 5.41) is 26.8. The number of nitrogens with zero attached hydrogens (tertiary/aromatic N) is 2. The Labute approximate surface area is 192 Å². The zero-order valence-electron chi connectivity index (χ0n) is 18.0. The summed E-state index contributed by atoms with van der Waals surface area (Å²) in [6, 6.07) is 1.78. The Morgan fingerprint density at radius 2 is 1.94 bits per heavy atom. The summed E-state index contributed by atoms with van der Waals surface area (Å²) < 4.78 is 5.15. The average molecular weight is 477 g/mol. The van der Waals surface area contributed by atoms with E-state index in [1.54, 1.807) is 32.9 Å². The Bertz CT molecular complexity index is 1060. The highest BCUT2D eigenvalue weighted by atomic mass is 32.1. The highest BCUT2D eigenvalue weighted by Gasteiger charge is 2.24. The molecule has 0 spiro atoms. The first-order valence-electron chi connectivity index (χ1n) is 9.46. The molecule has 33 heavy (non-hydrogen) atoms. The van der Waals surface area contributed by atoms with Crippen LogP contribution in [0.25, 0.3) is 10.6 Å². The summed E-state index contributed by atoms with van der Waals surface area (Å²) in [6.07, 6.45) is 0.805. The number of thiazole rings is 1. The maximum absolute atomic E-state index is 12.4. The van der Waals surface area contributed by atoms with E-state index < -0.39 is 47.8 Å². The molecule has 12 nitrogen and oxygen atoms in total. The first-order valence-corrected chi connectivity index (χ1v) is 10.3. The lowest BCUT2D eigenvalue weighted by molar-refractivity contribution is -0.135. The van der Waals surface area contributed by atoms with Crippen molar-refractivity contribution in [1.29, 1.82) is 0 Å². The first kappa shape index (κ1) is 25.4. The molecule has 0 unspecified atom stereocenters. The fourth-order valence-electron chi connectivity index (χ4n) is 2.23. The molecule has 2 rings (SSSR count). The smallest absolute Gasteiger partial charge is 0.413 e. The van der Waals surface area contributed by atoms with Gasteiger partial charge in [0, 0.05) is 17.1 Å². The predicted molar refractivity (Wildman–Crippen MR) is 118 cm³/mol. The molecule has 1 atom stereocenters. The number of aromatic nitrogens is 2. The number of pyridine rings is 1. The van der Waals surface area contributed by atoms with Crippen molar-refractivity contribution in [1.82, 2.24) is 20.6 Å². The molecule has 5 N–H and O–H groups in total. The summed E-state index contributed by atoms with van der Waals surface area (Å²) >= 11 is 1.14. The van der Waals surface area contributed by atoms with Gasteiger partial charge in [0.15, 0.2) is 0 Å². The average Bonchev–Trinajstić information content (AvgIpc) is 3.21. The lowest BCUT2D eigenvalue weighted by Gasteiger charge is -2.19. The maximum Gasteiger partial charge on any atom is 0.413 e. The molecule has 0 bridgehead atoms. The van der Waals surface area contributed by atoms with E-state index in [-0.39, 0.29) is 11.5 Å². The number of aliphatic hydroxyl groups is 1. The van der Waals surface area contributed by atoms with Crippen molar-refractivity contribution >= 4 is 41.0 Å². The van der Waals surface area contributed by atoms with Crippen molar-refractivity contribution in [3.05, 3.63) is 41.7 Å². The van der Waals surface area contributed by atoms with Crippen LogP contribution >= 0.6 is 11.3 Å². The van der Waals surface area contributed by atoms with Crippen molar-refractivity contribution in [2.75, 3.05) is 11.9 Å².